The first-order valence-electron chi connectivity index (χ1n) is 9.60. The normalized spacial score (nSPS) is 16.7. The fourth-order valence-corrected chi connectivity index (χ4v) is 5.48. The van der Waals surface area contributed by atoms with Crippen molar-refractivity contribution in [3.63, 3.8) is 0 Å². The first kappa shape index (κ1) is 19.6. The number of aromatic nitrogens is 2. The number of fused-ring (bicyclic) bond motifs is 3. The Kier molecular flexibility index (Phi) is 5.54. The number of aryl methyl sites for hydroxylation is 1. The molecule has 0 spiro atoms. The topological polar surface area (TPSA) is 55.0 Å². The fraction of sp³-hybridized carbons (Fsp3) is 0.429. The van der Waals surface area contributed by atoms with E-state index in [9.17, 15) is 4.39 Å². The summed E-state index contributed by atoms with van der Waals surface area (Å²) in [6.45, 7) is 3.43. The zero-order valence-electron chi connectivity index (χ0n) is 16.1. The maximum absolute atomic E-state index is 14.0. The van der Waals surface area contributed by atoms with Crippen molar-refractivity contribution in [2.24, 2.45) is 5.92 Å². The SMILES string of the molecule is C[C@H]1CCc2c(sc3nc(CCN(C)Cc4c(F)cccc4Cl)nc(N)c23)C1. The van der Waals surface area contributed by atoms with Gasteiger partial charge in [-0.3, -0.25) is 0 Å². The molecule has 3 aromatic rings. The summed E-state index contributed by atoms with van der Waals surface area (Å²) in [6, 6.07) is 4.77. The van der Waals surface area contributed by atoms with Crippen LogP contribution in [0.15, 0.2) is 18.2 Å². The summed E-state index contributed by atoms with van der Waals surface area (Å²) >= 11 is 7.89. The summed E-state index contributed by atoms with van der Waals surface area (Å²) in [4.78, 5) is 13.8. The highest BCUT2D eigenvalue weighted by Crippen LogP contribution is 2.39. The molecule has 2 aromatic heterocycles. The maximum Gasteiger partial charge on any atom is 0.136 e. The Morgan fingerprint density at radius 3 is 2.96 bits per heavy atom. The molecule has 4 nitrogen and oxygen atoms in total. The minimum Gasteiger partial charge on any atom is -0.383 e. The van der Waals surface area contributed by atoms with E-state index >= 15 is 0 Å². The second-order valence-corrected chi connectivity index (χ2v) is 9.24. The van der Waals surface area contributed by atoms with Crippen LogP contribution < -0.4 is 5.73 Å². The molecule has 0 radical (unpaired) electrons. The molecule has 148 valence electrons. The van der Waals surface area contributed by atoms with E-state index in [0.29, 0.717) is 41.8 Å². The van der Waals surface area contributed by atoms with Gasteiger partial charge in [0.25, 0.3) is 0 Å². The second-order valence-electron chi connectivity index (χ2n) is 7.74. The van der Waals surface area contributed by atoms with Crippen LogP contribution in [0.4, 0.5) is 10.2 Å². The molecule has 2 N–H and O–H groups in total. The molecule has 28 heavy (non-hydrogen) atoms. The zero-order valence-corrected chi connectivity index (χ0v) is 17.7. The van der Waals surface area contributed by atoms with Crippen molar-refractivity contribution in [2.75, 3.05) is 19.3 Å². The molecule has 0 fully saturated rings. The van der Waals surface area contributed by atoms with Crippen molar-refractivity contribution in [2.45, 2.75) is 39.2 Å². The minimum absolute atomic E-state index is 0.278. The number of nitrogens with zero attached hydrogens (tertiary/aromatic N) is 3. The molecular formula is C21H24ClFN4S. The Morgan fingerprint density at radius 2 is 2.18 bits per heavy atom. The number of hydrogen-bond donors (Lipinski definition) is 1. The average molecular weight is 419 g/mol. The number of benzene rings is 1. The lowest BCUT2D eigenvalue weighted by Crippen LogP contribution is -2.22. The van der Waals surface area contributed by atoms with Crippen LogP contribution >= 0.6 is 22.9 Å². The van der Waals surface area contributed by atoms with E-state index in [1.807, 2.05) is 11.9 Å². The third-order valence-electron chi connectivity index (χ3n) is 5.44. The van der Waals surface area contributed by atoms with Crippen molar-refractivity contribution in [1.29, 1.82) is 0 Å². The van der Waals surface area contributed by atoms with Gasteiger partial charge in [-0.2, -0.15) is 0 Å². The van der Waals surface area contributed by atoms with Gasteiger partial charge in [-0.1, -0.05) is 24.6 Å². The molecule has 0 amide bonds. The maximum atomic E-state index is 14.0. The molecule has 4 rings (SSSR count). The van der Waals surface area contributed by atoms with Gasteiger partial charge in [0.15, 0.2) is 0 Å². The fourth-order valence-electron chi connectivity index (χ4n) is 3.85. The Bertz CT molecular complexity index is 999. The van der Waals surface area contributed by atoms with Crippen LogP contribution in [0.3, 0.4) is 0 Å². The molecule has 1 atom stereocenters. The molecule has 1 aromatic carbocycles. The number of thiophene rings is 1. The van der Waals surface area contributed by atoms with E-state index in [-0.39, 0.29) is 5.82 Å². The van der Waals surface area contributed by atoms with Crippen LogP contribution in [0.1, 0.15) is 35.2 Å². The first-order valence-corrected chi connectivity index (χ1v) is 10.8. The van der Waals surface area contributed by atoms with Gasteiger partial charge < -0.3 is 10.6 Å². The Balaban J connectivity index is 1.49. The lowest BCUT2D eigenvalue weighted by molar-refractivity contribution is 0.323. The van der Waals surface area contributed by atoms with Crippen molar-refractivity contribution in [3.05, 3.63) is 50.9 Å². The van der Waals surface area contributed by atoms with Crippen molar-refractivity contribution in [3.8, 4) is 0 Å². The second kappa shape index (κ2) is 7.93. The Morgan fingerprint density at radius 1 is 1.36 bits per heavy atom. The van der Waals surface area contributed by atoms with Gasteiger partial charge in [-0.25, -0.2) is 14.4 Å². The molecule has 0 saturated carbocycles. The van der Waals surface area contributed by atoms with Gasteiger partial charge >= 0.3 is 0 Å². The smallest absolute Gasteiger partial charge is 0.136 e. The van der Waals surface area contributed by atoms with E-state index < -0.39 is 0 Å². The molecule has 2 heterocycles. The average Bonchev–Trinajstić information content (AvgIpc) is 3.01. The third kappa shape index (κ3) is 3.86. The molecule has 0 bridgehead atoms. The number of halogens is 2. The van der Waals surface area contributed by atoms with Gasteiger partial charge in [-0.15, -0.1) is 11.3 Å². The van der Waals surface area contributed by atoms with Crippen molar-refractivity contribution >= 4 is 39.0 Å². The highest BCUT2D eigenvalue weighted by atomic mass is 35.5. The third-order valence-corrected chi connectivity index (χ3v) is 6.94. The van der Waals surface area contributed by atoms with Crippen LogP contribution in [0.25, 0.3) is 10.2 Å². The predicted octanol–water partition coefficient (Wildman–Crippen LogP) is 4.87. The Labute approximate surface area is 173 Å². The van der Waals surface area contributed by atoms with Crippen molar-refractivity contribution < 1.29 is 4.39 Å². The monoisotopic (exact) mass is 418 g/mol. The highest BCUT2D eigenvalue weighted by molar-refractivity contribution is 7.19. The van der Waals surface area contributed by atoms with E-state index in [1.54, 1.807) is 23.5 Å². The van der Waals surface area contributed by atoms with Crippen LogP contribution in [-0.4, -0.2) is 28.5 Å². The number of rotatable bonds is 5. The molecule has 1 aliphatic rings. The molecule has 0 saturated heterocycles. The standard InChI is InChI=1S/C21H24ClFN4S/c1-12-6-7-13-17(10-12)28-21-19(13)20(24)25-18(26-21)8-9-27(2)11-14-15(22)4-3-5-16(14)23/h3-5,12H,6-11H2,1-2H3,(H2,24,25,26)/t12-/m0/s1. The van der Waals surface area contributed by atoms with E-state index in [0.717, 1.165) is 28.9 Å². The van der Waals surface area contributed by atoms with E-state index in [1.165, 1.54) is 22.9 Å². The molecular weight excluding hydrogens is 395 g/mol. The van der Waals surface area contributed by atoms with Gasteiger partial charge in [0.05, 0.1) is 5.39 Å². The number of likely N-dealkylation sites (N-methyl/N-ethyl adjacent to an activating group) is 1. The van der Waals surface area contributed by atoms with E-state index in [4.69, 9.17) is 22.3 Å². The Hall–Kier alpha value is -1.76. The molecule has 0 aliphatic heterocycles. The number of nitrogens with two attached hydrogens (primary N) is 1. The van der Waals surface area contributed by atoms with E-state index in [2.05, 4.69) is 11.9 Å². The lowest BCUT2D eigenvalue weighted by atomic mass is 9.89. The first-order chi connectivity index (χ1) is 13.4. The van der Waals surface area contributed by atoms with Crippen LogP contribution in [-0.2, 0) is 25.8 Å². The van der Waals surface area contributed by atoms with Crippen molar-refractivity contribution in [1.82, 2.24) is 14.9 Å². The quantitative estimate of drug-likeness (QED) is 0.642. The molecule has 1 aliphatic carbocycles. The van der Waals surface area contributed by atoms with Crippen LogP contribution in [0.5, 0.6) is 0 Å². The van der Waals surface area contributed by atoms with Gasteiger partial charge in [0, 0.05) is 35.0 Å². The molecule has 0 unspecified atom stereocenters. The minimum atomic E-state index is -0.278. The summed E-state index contributed by atoms with van der Waals surface area (Å²) in [5.41, 5.74) is 8.18. The summed E-state index contributed by atoms with van der Waals surface area (Å²) in [7, 11) is 1.94. The number of hydrogen-bond acceptors (Lipinski definition) is 5. The molecule has 7 heteroatoms. The largest absolute Gasteiger partial charge is 0.383 e. The highest BCUT2D eigenvalue weighted by Gasteiger charge is 2.23. The van der Waals surface area contributed by atoms with Gasteiger partial charge in [0.1, 0.15) is 22.3 Å². The number of nitrogen functional groups attached to an aromatic ring is 1. The predicted molar refractivity (Wildman–Crippen MR) is 114 cm³/mol. The van der Waals surface area contributed by atoms with Crippen LogP contribution in [0, 0.1) is 11.7 Å². The summed E-state index contributed by atoms with van der Waals surface area (Å²) in [6.07, 6.45) is 4.03. The summed E-state index contributed by atoms with van der Waals surface area (Å²) in [5, 5.41) is 1.51. The lowest BCUT2D eigenvalue weighted by Gasteiger charge is -2.18. The number of anilines is 1. The summed E-state index contributed by atoms with van der Waals surface area (Å²) in [5.74, 6) is 1.77. The van der Waals surface area contributed by atoms with Crippen LogP contribution in [0.2, 0.25) is 5.02 Å². The van der Waals surface area contributed by atoms with Gasteiger partial charge in [-0.05, 0) is 49.9 Å². The van der Waals surface area contributed by atoms with Gasteiger partial charge in [0.2, 0.25) is 0 Å². The summed E-state index contributed by atoms with van der Waals surface area (Å²) < 4.78 is 14.0. The zero-order chi connectivity index (χ0) is 19.8.